The van der Waals surface area contributed by atoms with Crippen LogP contribution in [-0.2, 0) is 22.1 Å². The van der Waals surface area contributed by atoms with Crippen LogP contribution in [0.15, 0.2) is 42.0 Å². The van der Waals surface area contributed by atoms with Crippen LogP contribution in [0.1, 0.15) is 57.4 Å². The molecule has 0 bridgehead atoms. The number of amides is 3. The maximum atomic E-state index is 14.0. The number of nitrogens with one attached hydrogen (secondary N) is 3. The van der Waals surface area contributed by atoms with Crippen LogP contribution < -0.4 is 15.4 Å². The number of piperidine rings is 1. The highest BCUT2D eigenvalue weighted by molar-refractivity contribution is 7.87. The quantitative estimate of drug-likeness (QED) is 0.369. The minimum absolute atomic E-state index is 0.00930. The summed E-state index contributed by atoms with van der Waals surface area (Å²) in [6.07, 6.45) is 4.86. The van der Waals surface area contributed by atoms with Gasteiger partial charge in [-0.05, 0) is 48.4 Å². The third kappa shape index (κ3) is 5.90. The maximum absolute atomic E-state index is 14.0. The van der Waals surface area contributed by atoms with Gasteiger partial charge in [-0.15, -0.1) is 0 Å². The Morgan fingerprint density at radius 3 is 2.29 bits per heavy atom. The second-order valence-corrected chi connectivity index (χ2v) is 14.3. The molecule has 2 aromatic rings. The lowest BCUT2D eigenvalue weighted by atomic mass is 9.64. The molecule has 0 saturated carbocycles. The summed E-state index contributed by atoms with van der Waals surface area (Å²) in [6.45, 7) is 6.91. The molecular weight excluding hydrogens is 605 g/mol. The fourth-order valence-corrected chi connectivity index (χ4v) is 7.32. The standard InChI is InChI=1S/C28H35Cl2N5O6S/c1-17(36)33-42(40,41)35-13-11-27(12-14-35,18-7-6-10-28(16-18,26(2,3)4)32-25(38)39)31-24(37)22-15-19-21(34(22)5)9-8-20(29)23(19)30/h6-10,15,32H,11-14,16H2,1-5H3,(H,31,37)(H,33,36)(H,38,39). The van der Waals surface area contributed by atoms with E-state index in [1.54, 1.807) is 35.9 Å². The van der Waals surface area contributed by atoms with Gasteiger partial charge in [0, 0.05) is 38.0 Å². The molecule has 1 fully saturated rings. The summed E-state index contributed by atoms with van der Waals surface area (Å²) in [5, 5.41) is 16.9. The van der Waals surface area contributed by atoms with Crippen molar-refractivity contribution in [3.63, 3.8) is 0 Å². The van der Waals surface area contributed by atoms with E-state index in [4.69, 9.17) is 23.2 Å². The Balaban J connectivity index is 1.75. The molecule has 1 aliphatic heterocycles. The van der Waals surface area contributed by atoms with E-state index in [9.17, 15) is 27.9 Å². The van der Waals surface area contributed by atoms with Crippen molar-refractivity contribution in [3.8, 4) is 0 Å². The molecular formula is C28H35Cl2N5O6S. The molecule has 1 atom stereocenters. The summed E-state index contributed by atoms with van der Waals surface area (Å²) in [7, 11) is -2.34. The Labute approximate surface area is 255 Å². The molecule has 0 radical (unpaired) electrons. The molecule has 14 heteroatoms. The Hall–Kier alpha value is -3.06. The third-order valence-corrected chi connectivity index (χ3v) is 10.7. The van der Waals surface area contributed by atoms with E-state index in [-0.39, 0.29) is 32.4 Å². The van der Waals surface area contributed by atoms with Gasteiger partial charge in [0.05, 0.1) is 21.1 Å². The van der Waals surface area contributed by atoms with Gasteiger partial charge in [-0.25, -0.2) is 9.52 Å². The van der Waals surface area contributed by atoms with Crippen molar-refractivity contribution in [2.24, 2.45) is 12.5 Å². The van der Waals surface area contributed by atoms with Crippen LogP contribution in [0, 0.1) is 5.41 Å². The highest BCUT2D eigenvalue weighted by Crippen LogP contribution is 2.44. The second-order valence-electron chi connectivity index (χ2n) is 11.9. The number of hydrogen-bond donors (Lipinski definition) is 4. The minimum Gasteiger partial charge on any atom is -0.465 e. The first-order valence-corrected chi connectivity index (χ1v) is 15.6. The number of carbonyl (C=O) groups excluding carboxylic acids is 2. The van der Waals surface area contributed by atoms with E-state index in [2.05, 4.69) is 10.6 Å². The van der Waals surface area contributed by atoms with Crippen molar-refractivity contribution < 1.29 is 27.9 Å². The number of allylic oxidation sites excluding steroid dienone is 2. The predicted octanol–water partition coefficient (Wildman–Crippen LogP) is 4.37. The Morgan fingerprint density at radius 1 is 1.07 bits per heavy atom. The van der Waals surface area contributed by atoms with Gasteiger partial charge in [0.2, 0.25) is 5.91 Å². The summed E-state index contributed by atoms with van der Waals surface area (Å²) < 4.78 is 30.4. The molecule has 228 valence electrons. The van der Waals surface area contributed by atoms with E-state index < -0.39 is 44.6 Å². The molecule has 4 rings (SSSR count). The number of hydrogen-bond acceptors (Lipinski definition) is 5. The molecule has 11 nitrogen and oxygen atoms in total. The predicted molar refractivity (Wildman–Crippen MR) is 162 cm³/mol. The Kier molecular flexibility index (Phi) is 8.51. The maximum Gasteiger partial charge on any atom is 0.405 e. The van der Waals surface area contributed by atoms with Crippen molar-refractivity contribution in [2.45, 2.75) is 58.0 Å². The minimum atomic E-state index is -4.07. The van der Waals surface area contributed by atoms with Crippen LogP contribution in [0.4, 0.5) is 4.79 Å². The number of fused-ring (bicyclic) bond motifs is 1. The molecule has 2 aliphatic rings. The van der Waals surface area contributed by atoms with Gasteiger partial charge in [-0.1, -0.05) is 62.2 Å². The molecule has 0 spiro atoms. The first kappa shape index (κ1) is 31.9. The summed E-state index contributed by atoms with van der Waals surface area (Å²) in [5.74, 6) is -1.12. The summed E-state index contributed by atoms with van der Waals surface area (Å²) in [4.78, 5) is 37.4. The first-order chi connectivity index (χ1) is 19.4. The normalized spacial score (nSPS) is 21.1. The van der Waals surface area contributed by atoms with Crippen molar-refractivity contribution >= 4 is 62.2 Å². The average molecular weight is 641 g/mol. The van der Waals surface area contributed by atoms with Gasteiger partial charge in [-0.2, -0.15) is 12.7 Å². The smallest absolute Gasteiger partial charge is 0.405 e. The zero-order valence-electron chi connectivity index (χ0n) is 24.0. The highest BCUT2D eigenvalue weighted by atomic mass is 35.5. The zero-order valence-corrected chi connectivity index (χ0v) is 26.4. The van der Waals surface area contributed by atoms with E-state index >= 15 is 0 Å². The molecule has 1 aromatic heterocycles. The largest absolute Gasteiger partial charge is 0.465 e. The summed E-state index contributed by atoms with van der Waals surface area (Å²) >= 11 is 12.6. The molecule has 1 aliphatic carbocycles. The van der Waals surface area contributed by atoms with Crippen LogP contribution in [0.3, 0.4) is 0 Å². The third-order valence-electron chi connectivity index (χ3n) is 8.32. The Morgan fingerprint density at radius 2 is 1.71 bits per heavy atom. The number of carboxylic acid groups (broad SMARTS) is 1. The lowest BCUT2D eigenvalue weighted by Gasteiger charge is -2.50. The number of aromatic nitrogens is 1. The van der Waals surface area contributed by atoms with Crippen LogP contribution in [0.25, 0.3) is 10.9 Å². The van der Waals surface area contributed by atoms with E-state index in [0.29, 0.717) is 26.6 Å². The molecule has 3 amide bonds. The fraction of sp³-hybridized carbons (Fsp3) is 0.464. The van der Waals surface area contributed by atoms with E-state index in [1.165, 1.54) is 4.31 Å². The number of halogens is 2. The second kappa shape index (κ2) is 11.2. The molecule has 1 saturated heterocycles. The molecule has 1 aromatic carbocycles. The number of benzene rings is 1. The van der Waals surface area contributed by atoms with Gasteiger partial charge < -0.3 is 20.3 Å². The van der Waals surface area contributed by atoms with Gasteiger partial charge in [0.1, 0.15) is 5.69 Å². The SMILES string of the molecule is CC(=O)NS(=O)(=O)N1CCC(NC(=O)c2cc3c(Cl)c(Cl)ccc3n2C)(C2=CC=CC(NC(=O)O)(C(C)(C)C)C2)CC1. The summed E-state index contributed by atoms with van der Waals surface area (Å²) in [5.41, 5.74) is -0.800. The number of aryl methyl sites for hydroxylation is 1. The number of rotatable bonds is 6. The van der Waals surface area contributed by atoms with Crippen molar-refractivity contribution in [1.82, 2.24) is 24.2 Å². The van der Waals surface area contributed by atoms with Gasteiger partial charge >= 0.3 is 16.3 Å². The first-order valence-electron chi connectivity index (χ1n) is 13.4. The fourth-order valence-electron chi connectivity index (χ4n) is 5.78. The Bertz CT molecular complexity index is 1620. The van der Waals surface area contributed by atoms with Gasteiger partial charge in [0.15, 0.2) is 0 Å². The topological polar surface area (TPSA) is 150 Å². The van der Waals surface area contributed by atoms with E-state index in [0.717, 1.165) is 12.5 Å². The van der Waals surface area contributed by atoms with Crippen molar-refractivity contribution in [3.05, 3.63) is 57.7 Å². The van der Waals surface area contributed by atoms with Crippen LogP contribution in [0.5, 0.6) is 0 Å². The highest BCUT2D eigenvalue weighted by Gasteiger charge is 2.49. The molecule has 1 unspecified atom stereocenters. The molecule has 4 N–H and O–H groups in total. The number of carbonyl (C=O) groups is 3. The van der Waals surface area contributed by atoms with E-state index in [1.807, 2.05) is 37.6 Å². The number of nitrogens with zero attached hydrogens (tertiary/aromatic N) is 2. The lowest BCUT2D eigenvalue weighted by molar-refractivity contribution is -0.117. The zero-order chi connectivity index (χ0) is 31.3. The van der Waals surface area contributed by atoms with Crippen LogP contribution in [-0.4, -0.2) is 64.5 Å². The molecule has 2 heterocycles. The van der Waals surface area contributed by atoms with Crippen molar-refractivity contribution in [1.29, 1.82) is 0 Å². The van der Waals surface area contributed by atoms with Crippen LogP contribution in [0.2, 0.25) is 10.0 Å². The molecule has 42 heavy (non-hydrogen) atoms. The average Bonchev–Trinajstić information content (AvgIpc) is 3.22. The van der Waals surface area contributed by atoms with Gasteiger partial charge in [-0.3, -0.25) is 9.59 Å². The van der Waals surface area contributed by atoms with Gasteiger partial charge in [0.25, 0.3) is 5.91 Å². The van der Waals surface area contributed by atoms with Crippen molar-refractivity contribution in [2.75, 3.05) is 13.1 Å². The van der Waals surface area contributed by atoms with Crippen LogP contribution >= 0.6 is 23.2 Å². The summed E-state index contributed by atoms with van der Waals surface area (Å²) in [6, 6.07) is 5.08. The lowest BCUT2D eigenvalue weighted by Crippen LogP contribution is -2.62. The monoisotopic (exact) mass is 639 g/mol.